The van der Waals surface area contributed by atoms with Gasteiger partial charge in [0.25, 0.3) is 5.91 Å². The summed E-state index contributed by atoms with van der Waals surface area (Å²) in [6, 6.07) is 13.9. The second-order valence-electron chi connectivity index (χ2n) is 4.44. The van der Waals surface area contributed by atoms with E-state index in [9.17, 15) is 9.90 Å². The van der Waals surface area contributed by atoms with Crippen LogP contribution in [0.4, 0.5) is 5.69 Å². The van der Waals surface area contributed by atoms with Crippen molar-refractivity contribution >= 4 is 17.8 Å². The molecule has 0 bridgehead atoms. The van der Waals surface area contributed by atoms with Crippen molar-refractivity contribution in [1.82, 2.24) is 5.43 Å². The standard InChI is InChI=1S/C16H17N3O3/c1-22-15-8-3-2-7-14(15)17-11-16(21)19-18-10-12-5-4-6-13(20)9-12/h2-10,17,20H,11H2,1H3,(H,19,21). The number of hydrogen-bond acceptors (Lipinski definition) is 5. The number of amides is 1. The number of methoxy groups -OCH3 is 1. The highest BCUT2D eigenvalue weighted by atomic mass is 16.5. The highest BCUT2D eigenvalue weighted by molar-refractivity contribution is 5.84. The zero-order valence-electron chi connectivity index (χ0n) is 12.1. The van der Waals surface area contributed by atoms with E-state index in [1.807, 2.05) is 18.2 Å². The number of phenolic OH excluding ortho intramolecular Hbond substituents is 1. The van der Waals surface area contributed by atoms with Crippen LogP contribution in [0.2, 0.25) is 0 Å². The molecule has 0 fully saturated rings. The Labute approximate surface area is 128 Å². The van der Waals surface area contributed by atoms with Crippen LogP contribution >= 0.6 is 0 Å². The number of nitrogens with one attached hydrogen (secondary N) is 2. The number of aromatic hydroxyl groups is 1. The quantitative estimate of drug-likeness (QED) is 0.562. The summed E-state index contributed by atoms with van der Waals surface area (Å²) in [6.07, 6.45) is 1.46. The summed E-state index contributed by atoms with van der Waals surface area (Å²) in [5.74, 6) is 0.522. The van der Waals surface area contributed by atoms with Gasteiger partial charge >= 0.3 is 0 Å². The van der Waals surface area contributed by atoms with Crippen LogP contribution in [0.1, 0.15) is 5.56 Å². The number of phenols is 1. The lowest BCUT2D eigenvalue weighted by atomic mass is 10.2. The van der Waals surface area contributed by atoms with E-state index in [4.69, 9.17) is 4.74 Å². The highest BCUT2D eigenvalue weighted by Gasteiger charge is 2.03. The number of carbonyl (C=O) groups is 1. The first-order valence-corrected chi connectivity index (χ1v) is 6.67. The Hall–Kier alpha value is -3.02. The second-order valence-corrected chi connectivity index (χ2v) is 4.44. The highest BCUT2D eigenvalue weighted by Crippen LogP contribution is 2.22. The first-order valence-electron chi connectivity index (χ1n) is 6.67. The normalized spacial score (nSPS) is 10.4. The van der Waals surface area contributed by atoms with Crippen LogP contribution in [0, 0.1) is 0 Å². The fraction of sp³-hybridized carbons (Fsp3) is 0.125. The fourth-order valence-corrected chi connectivity index (χ4v) is 1.79. The zero-order valence-corrected chi connectivity index (χ0v) is 12.1. The van der Waals surface area contributed by atoms with Gasteiger partial charge in [0.2, 0.25) is 0 Å². The van der Waals surface area contributed by atoms with E-state index >= 15 is 0 Å². The predicted molar refractivity (Wildman–Crippen MR) is 85.3 cm³/mol. The Balaban J connectivity index is 1.83. The Kier molecular flexibility index (Phi) is 5.37. The van der Waals surface area contributed by atoms with Crippen molar-refractivity contribution in [1.29, 1.82) is 0 Å². The Morgan fingerprint density at radius 2 is 2.09 bits per heavy atom. The van der Waals surface area contributed by atoms with Crippen molar-refractivity contribution in [3.63, 3.8) is 0 Å². The Morgan fingerprint density at radius 1 is 1.27 bits per heavy atom. The third-order valence-corrected chi connectivity index (χ3v) is 2.82. The third kappa shape index (κ3) is 4.52. The van der Waals surface area contributed by atoms with Gasteiger partial charge in [-0.25, -0.2) is 5.43 Å². The van der Waals surface area contributed by atoms with Gasteiger partial charge in [-0.3, -0.25) is 4.79 Å². The van der Waals surface area contributed by atoms with Crippen molar-refractivity contribution in [3.8, 4) is 11.5 Å². The van der Waals surface area contributed by atoms with E-state index < -0.39 is 0 Å². The second kappa shape index (κ2) is 7.68. The maximum Gasteiger partial charge on any atom is 0.259 e. The van der Waals surface area contributed by atoms with E-state index in [0.29, 0.717) is 11.3 Å². The van der Waals surface area contributed by atoms with Crippen LogP contribution in [-0.2, 0) is 4.79 Å². The molecule has 114 valence electrons. The number of nitrogens with zero attached hydrogens (tertiary/aromatic N) is 1. The summed E-state index contributed by atoms with van der Waals surface area (Å²) >= 11 is 0. The summed E-state index contributed by atoms with van der Waals surface area (Å²) in [5.41, 5.74) is 3.83. The molecule has 0 saturated heterocycles. The van der Waals surface area contributed by atoms with Crippen LogP contribution in [-0.4, -0.2) is 30.9 Å². The molecule has 6 nitrogen and oxygen atoms in total. The molecule has 3 N–H and O–H groups in total. The number of benzene rings is 2. The van der Waals surface area contributed by atoms with Crippen molar-refractivity contribution in [2.75, 3.05) is 19.0 Å². The maximum atomic E-state index is 11.7. The lowest BCUT2D eigenvalue weighted by Gasteiger charge is -2.09. The number of rotatable bonds is 6. The number of ether oxygens (including phenoxy) is 1. The predicted octanol–water partition coefficient (Wildman–Crippen LogP) is 1.96. The van der Waals surface area contributed by atoms with E-state index in [2.05, 4.69) is 15.8 Å². The smallest absolute Gasteiger partial charge is 0.259 e. The molecule has 0 aliphatic rings. The molecule has 1 amide bonds. The van der Waals surface area contributed by atoms with E-state index in [1.54, 1.807) is 37.4 Å². The Morgan fingerprint density at radius 3 is 2.86 bits per heavy atom. The number of hydrogen-bond donors (Lipinski definition) is 3. The SMILES string of the molecule is COc1ccccc1NCC(=O)NN=Cc1cccc(O)c1. The average Bonchev–Trinajstić information content (AvgIpc) is 2.53. The van der Waals surface area contributed by atoms with E-state index in [-0.39, 0.29) is 18.2 Å². The van der Waals surface area contributed by atoms with E-state index in [0.717, 1.165) is 5.69 Å². The third-order valence-electron chi connectivity index (χ3n) is 2.82. The largest absolute Gasteiger partial charge is 0.508 e. The number of hydrazone groups is 1. The number of para-hydroxylation sites is 2. The minimum absolute atomic E-state index is 0.0672. The summed E-state index contributed by atoms with van der Waals surface area (Å²) < 4.78 is 5.18. The van der Waals surface area contributed by atoms with Gasteiger partial charge in [-0.05, 0) is 29.8 Å². The van der Waals surface area contributed by atoms with Gasteiger partial charge in [0.1, 0.15) is 11.5 Å². The summed E-state index contributed by atoms with van der Waals surface area (Å²) in [5, 5.41) is 16.1. The molecule has 0 spiro atoms. The average molecular weight is 299 g/mol. The number of carbonyl (C=O) groups excluding carboxylic acids is 1. The summed E-state index contributed by atoms with van der Waals surface area (Å²) in [6.45, 7) is 0.0672. The molecule has 0 saturated carbocycles. The van der Waals surface area contributed by atoms with Gasteiger partial charge in [0.15, 0.2) is 0 Å². The van der Waals surface area contributed by atoms with Crippen molar-refractivity contribution in [3.05, 3.63) is 54.1 Å². The van der Waals surface area contributed by atoms with Gasteiger partial charge < -0.3 is 15.2 Å². The van der Waals surface area contributed by atoms with Crippen molar-refractivity contribution in [2.24, 2.45) is 5.10 Å². The number of anilines is 1. The topological polar surface area (TPSA) is 83.0 Å². The summed E-state index contributed by atoms with van der Waals surface area (Å²) in [7, 11) is 1.57. The molecular weight excluding hydrogens is 282 g/mol. The van der Waals surface area contributed by atoms with Crippen LogP contribution in [0.25, 0.3) is 0 Å². The van der Waals surface area contributed by atoms with Gasteiger partial charge in [-0.2, -0.15) is 5.10 Å². The summed E-state index contributed by atoms with van der Waals surface area (Å²) in [4.78, 5) is 11.7. The molecule has 0 radical (unpaired) electrons. The van der Waals surface area contributed by atoms with Gasteiger partial charge in [-0.1, -0.05) is 24.3 Å². The van der Waals surface area contributed by atoms with Crippen molar-refractivity contribution in [2.45, 2.75) is 0 Å². The van der Waals surface area contributed by atoms with Crippen LogP contribution in [0.3, 0.4) is 0 Å². The lowest BCUT2D eigenvalue weighted by molar-refractivity contribution is -0.119. The zero-order chi connectivity index (χ0) is 15.8. The molecular formula is C16H17N3O3. The monoisotopic (exact) mass is 299 g/mol. The molecule has 2 rings (SSSR count). The molecule has 2 aromatic rings. The molecule has 0 aliphatic heterocycles. The first-order chi connectivity index (χ1) is 10.7. The van der Waals surface area contributed by atoms with Crippen LogP contribution < -0.4 is 15.5 Å². The van der Waals surface area contributed by atoms with Crippen LogP contribution in [0.15, 0.2) is 53.6 Å². The lowest BCUT2D eigenvalue weighted by Crippen LogP contribution is -2.26. The van der Waals surface area contributed by atoms with Crippen LogP contribution in [0.5, 0.6) is 11.5 Å². The van der Waals surface area contributed by atoms with Gasteiger partial charge in [-0.15, -0.1) is 0 Å². The molecule has 0 atom stereocenters. The molecule has 0 unspecified atom stereocenters. The maximum absolute atomic E-state index is 11.7. The molecule has 22 heavy (non-hydrogen) atoms. The van der Waals surface area contributed by atoms with Gasteiger partial charge in [0.05, 0.1) is 25.6 Å². The molecule has 0 heterocycles. The fourth-order valence-electron chi connectivity index (χ4n) is 1.79. The minimum Gasteiger partial charge on any atom is -0.508 e. The Bertz CT molecular complexity index is 671. The van der Waals surface area contributed by atoms with Crippen molar-refractivity contribution < 1.29 is 14.6 Å². The minimum atomic E-state index is -0.290. The molecule has 2 aromatic carbocycles. The molecule has 6 heteroatoms. The first kappa shape index (κ1) is 15.4. The molecule has 0 aromatic heterocycles. The van der Waals surface area contributed by atoms with Gasteiger partial charge in [0, 0.05) is 0 Å². The van der Waals surface area contributed by atoms with E-state index in [1.165, 1.54) is 6.21 Å². The molecule has 0 aliphatic carbocycles.